The van der Waals surface area contributed by atoms with E-state index in [0.29, 0.717) is 0 Å². The number of nitrogens with one attached hydrogen (secondary N) is 1. The van der Waals surface area contributed by atoms with Gasteiger partial charge in [0.25, 0.3) is 0 Å². The van der Waals surface area contributed by atoms with Crippen molar-refractivity contribution in [3.05, 3.63) is 29.8 Å². The van der Waals surface area contributed by atoms with Gasteiger partial charge in [-0.1, -0.05) is 45.2 Å². The molecule has 84 valence electrons. The molecule has 0 aliphatic heterocycles. The lowest BCUT2D eigenvalue weighted by Crippen LogP contribution is -2.01. The van der Waals surface area contributed by atoms with Crippen LogP contribution in [-0.4, -0.2) is 6.54 Å². The smallest absolute Gasteiger partial charge is 0.0340 e. The van der Waals surface area contributed by atoms with E-state index in [1.165, 1.54) is 36.9 Å². The molecule has 0 saturated carbocycles. The van der Waals surface area contributed by atoms with E-state index in [1.807, 2.05) is 0 Å². The van der Waals surface area contributed by atoms with E-state index >= 15 is 0 Å². The van der Waals surface area contributed by atoms with Crippen LogP contribution in [0.3, 0.4) is 0 Å². The van der Waals surface area contributed by atoms with Gasteiger partial charge in [0.1, 0.15) is 0 Å². The van der Waals surface area contributed by atoms with Crippen LogP contribution in [0.15, 0.2) is 24.3 Å². The average Bonchev–Trinajstić information content (AvgIpc) is 2.30. The molecule has 0 bridgehead atoms. The second kappa shape index (κ2) is 7.33. The Morgan fingerprint density at radius 2 is 1.67 bits per heavy atom. The van der Waals surface area contributed by atoms with E-state index in [1.54, 1.807) is 0 Å². The fourth-order valence-corrected chi connectivity index (χ4v) is 1.64. The zero-order valence-electron chi connectivity index (χ0n) is 10.1. The van der Waals surface area contributed by atoms with Crippen LogP contribution >= 0.6 is 0 Å². The van der Waals surface area contributed by atoms with Crippen LogP contribution in [0.1, 0.15) is 45.1 Å². The minimum absolute atomic E-state index is 1.10. The van der Waals surface area contributed by atoms with Crippen molar-refractivity contribution < 1.29 is 0 Å². The molecule has 0 aliphatic carbocycles. The van der Waals surface area contributed by atoms with Crippen molar-refractivity contribution in [2.24, 2.45) is 0 Å². The monoisotopic (exact) mass is 205 g/mol. The predicted octanol–water partition coefficient (Wildman–Crippen LogP) is 4.24. The lowest BCUT2D eigenvalue weighted by atomic mass is 10.1. The Hall–Kier alpha value is -0.980. The number of anilines is 1. The normalized spacial score (nSPS) is 10.3. The van der Waals surface area contributed by atoms with Gasteiger partial charge >= 0.3 is 0 Å². The molecule has 0 unspecified atom stereocenters. The zero-order valence-corrected chi connectivity index (χ0v) is 10.1. The molecule has 1 heteroatoms. The highest BCUT2D eigenvalue weighted by Gasteiger charge is 1.92. The minimum Gasteiger partial charge on any atom is -0.385 e. The van der Waals surface area contributed by atoms with E-state index in [9.17, 15) is 0 Å². The second-order valence-corrected chi connectivity index (χ2v) is 4.04. The molecular weight excluding hydrogens is 182 g/mol. The van der Waals surface area contributed by atoms with Crippen molar-refractivity contribution >= 4 is 5.69 Å². The first kappa shape index (κ1) is 12.1. The van der Waals surface area contributed by atoms with Gasteiger partial charge in [-0.05, 0) is 30.5 Å². The van der Waals surface area contributed by atoms with Gasteiger partial charge in [0.05, 0.1) is 0 Å². The molecule has 15 heavy (non-hydrogen) atoms. The molecule has 1 aromatic rings. The topological polar surface area (TPSA) is 12.0 Å². The molecule has 1 rings (SSSR count). The van der Waals surface area contributed by atoms with Crippen LogP contribution < -0.4 is 5.32 Å². The summed E-state index contributed by atoms with van der Waals surface area (Å²) in [6.07, 6.45) is 6.42. The fourth-order valence-electron chi connectivity index (χ4n) is 1.64. The zero-order chi connectivity index (χ0) is 10.9. The maximum atomic E-state index is 3.45. The number of unbranched alkanes of at least 4 members (excludes halogenated alkanes) is 3. The lowest BCUT2D eigenvalue weighted by molar-refractivity contribution is 0.685. The van der Waals surface area contributed by atoms with E-state index in [4.69, 9.17) is 0 Å². The third-order valence-corrected chi connectivity index (χ3v) is 2.72. The largest absolute Gasteiger partial charge is 0.385 e. The molecule has 0 aromatic heterocycles. The Balaban J connectivity index is 2.20. The van der Waals surface area contributed by atoms with Crippen molar-refractivity contribution in [3.63, 3.8) is 0 Å². The van der Waals surface area contributed by atoms with Gasteiger partial charge in [-0.3, -0.25) is 0 Å². The molecule has 1 aromatic carbocycles. The third kappa shape index (κ3) is 4.87. The van der Waals surface area contributed by atoms with E-state index in [-0.39, 0.29) is 0 Å². The summed E-state index contributed by atoms with van der Waals surface area (Å²) in [5.41, 5.74) is 2.66. The van der Waals surface area contributed by atoms with Gasteiger partial charge in [0.2, 0.25) is 0 Å². The number of benzene rings is 1. The molecular formula is C14H23N. The summed E-state index contributed by atoms with van der Waals surface area (Å²) in [4.78, 5) is 0. The number of hydrogen-bond donors (Lipinski definition) is 1. The average molecular weight is 205 g/mol. The molecule has 1 nitrogen and oxygen atoms in total. The van der Waals surface area contributed by atoms with Crippen LogP contribution in [0.2, 0.25) is 0 Å². The Morgan fingerprint density at radius 3 is 2.27 bits per heavy atom. The van der Waals surface area contributed by atoms with Crippen molar-refractivity contribution in [2.45, 2.75) is 46.0 Å². The number of rotatable bonds is 7. The first-order chi connectivity index (χ1) is 7.36. The highest BCUT2D eigenvalue weighted by Crippen LogP contribution is 2.10. The summed E-state index contributed by atoms with van der Waals surface area (Å²) in [6, 6.07) is 8.76. The van der Waals surface area contributed by atoms with Crippen molar-refractivity contribution in [1.82, 2.24) is 0 Å². The fraction of sp³-hybridized carbons (Fsp3) is 0.571. The van der Waals surface area contributed by atoms with E-state index in [2.05, 4.69) is 43.4 Å². The van der Waals surface area contributed by atoms with Crippen LogP contribution in [0, 0.1) is 0 Å². The summed E-state index contributed by atoms with van der Waals surface area (Å²) >= 11 is 0. The molecule has 0 spiro atoms. The quantitative estimate of drug-likeness (QED) is 0.656. The van der Waals surface area contributed by atoms with Crippen molar-refractivity contribution in [2.75, 3.05) is 11.9 Å². The number of aryl methyl sites for hydroxylation is 1. The summed E-state index contributed by atoms with van der Waals surface area (Å²) in [5.74, 6) is 0. The van der Waals surface area contributed by atoms with Gasteiger partial charge in [0, 0.05) is 12.2 Å². The molecule has 0 aliphatic rings. The van der Waals surface area contributed by atoms with Crippen molar-refractivity contribution in [1.29, 1.82) is 0 Å². The SMILES string of the molecule is CCCCCCNc1ccc(CC)cc1. The van der Waals surface area contributed by atoms with Gasteiger partial charge in [-0.25, -0.2) is 0 Å². The highest BCUT2D eigenvalue weighted by molar-refractivity contribution is 5.44. The predicted molar refractivity (Wildman–Crippen MR) is 68.5 cm³/mol. The minimum atomic E-state index is 1.10. The molecule has 1 N–H and O–H groups in total. The van der Waals surface area contributed by atoms with Gasteiger partial charge in [0.15, 0.2) is 0 Å². The molecule has 0 saturated heterocycles. The molecule has 0 fully saturated rings. The van der Waals surface area contributed by atoms with Crippen LogP contribution in [0.25, 0.3) is 0 Å². The Morgan fingerprint density at radius 1 is 0.933 bits per heavy atom. The molecule has 0 heterocycles. The van der Waals surface area contributed by atoms with Gasteiger partial charge in [-0.15, -0.1) is 0 Å². The summed E-state index contributed by atoms with van der Waals surface area (Å²) in [7, 11) is 0. The van der Waals surface area contributed by atoms with Crippen LogP contribution in [0.5, 0.6) is 0 Å². The first-order valence-corrected chi connectivity index (χ1v) is 6.19. The maximum absolute atomic E-state index is 3.45. The Kier molecular flexibility index (Phi) is 5.91. The summed E-state index contributed by atoms with van der Waals surface area (Å²) in [5, 5.41) is 3.45. The highest BCUT2D eigenvalue weighted by atomic mass is 14.9. The maximum Gasteiger partial charge on any atom is 0.0340 e. The Bertz CT molecular complexity index is 251. The first-order valence-electron chi connectivity index (χ1n) is 6.19. The van der Waals surface area contributed by atoms with Gasteiger partial charge < -0.3 is 5.32 Å². The van der Waals surface area contributed by atoms with Gasteiger partial charge in [-0.2, -0.15) is 0 Å². The number of hydrogen-bond acceptors (Lipinski definition) is 1. The van der Waals surface area contributed by atoms with E-state index < -0.39 is 0 Å². The van der Waals surface area contributed by atoms with Crippen LogP contribution in [-0.2, 0) is 6.42 Å². The molecule has 0 amide bonds. The third-order valence-electron chi connectivity index (χ3n) is 2.72. The summed E-state index contributed by atoms with van der Waals surface area (Å²) in [6.45, 7) is 5.54. The standard InChI is InChI=1S/C14H23N/c1-3-5-6-7-12-15-14-10-8-13(4-2)9-11-14/h8-11,15H,3-7,12H2,1-2H3. The molecule has 0 atom stereocenters. The van der Waals surface area contributed by atoms with Crippen LogP contribution in [0.4, 0.5) is 5.69 Å². The van der Waals surface area contributed by atoms with E-state index in [0.717, 1.165) is 13.0 Å². The summed E-state index contributed by atoms with van der Waals surface area (Å²) < 4.78 is 0. The second-order valence-electron chi connectivity index (χ2n) is 4.04. The lowest BCUT2D eigenvalue weighted by Gasteiger charge is -2.06. The Labute approximate surface area is 93.9 Å². The molecule has 0 radical (unpaired) electrons. The van der Waals surface area contributed by atoms with Crippen molar-refractivity contribution in [3.8, 4) is 0 Å².